The van der Waals surface area contributed by atoms with Gasteiger partial charge in [-0.2, -0.15) is 4.31 Å². The minimum Gasteiger partial charge on any atom is -0.398 e. The fraction of sp³-hybridized carbons (Fsp3) is 0.364. The van der Waals surface area contributed by atoms with Crippen LogP contribution >= 0.6 is 15.9 Å². The number of benzene rings is 1. The molecule has 1 aliphatic rings. The van der Waals surface area contributed by atoms with Crippen molar-refractivity contribution in [3.05, 3.63) is 22.7 Å². The highest BCUT2D eigenvalue weighted by Gasteiger charge is 2.29. The van der Waals surface area contributed by atoms with Gasteiger partial charge in [0.1, 0.15) is 4.90 Å². The van der Waals surface area contributed by atoms with Gasteiger partial charge >= 0.3 is 0 Å². The van der Waals surface area contributed by atoms with Gasteiger partial charge in [0, 0.05) is 17.6 Å². The third kappa shape index (κ3) is 3.07. The molecule has 3 N–H and O–H groups in total. The summed E-state index contributed by atoms with van der Waals surface area (Å²) in [5, 5.41) is 2.64. The molecule has 1 fully saturated rings. The van der Waals surface area contributed by atoms with Gasteiger partial charge in [-0.25, -0.2) is 8.42 Å². The maximum absolute atomic E-state index is 12.5. The van der Waals surface area contributed by atoms with Crippen molar-refractivity contribution in [2.75, 3.05) is 25.4 Å². The van der Waals surface area contributed by atoms with Crippen molar-refractivity contribution in [2.45, 2.75) is 11.3 Å². The lowest BCUT2D eigenvalue weighted by atomic mass is 10.3. The molecule has 0 unspecified atom stereocenters. The number of halogens is 1. The topological polar surface area (TPSA) is 92.5 Å². The first-order valence-electron chi connectivity index (χ1n) is 5.73. The minimum absolute atomic E-state index is 0.0246. The molecule has 0 saturated carbocycles. The molecule has 0 aliphatic carbocycles. The van der Waals surface area contributed by atoms with Crippen molar-refractivity contribution in [3.8, 4) is 0 Å². The lowest BCUT2D eigenvalue weighted by Crippen LogP contribution is -2.37. The van der Waals surface area contributed by atoms with Crippen molar-refractivity contribution in [1.82, 2.24) is 9.62 Å². The number of hydrogen-bond acceptors (Lipinski definition) is 4. The third-order valence-electron chi connectivity index (χ3n) is 2.82. The number of amides is 1. The number of nitrogens with zero attached hydrogens (tertiary/aromatic N) is 1. The Morgan fingerprint density at radius 2 is 2.11 bits per heavy atom. The van der Waals surface area contributed by atoms with E-state index in [2.05, 4.69) is 21.2 Å². The van der Waals surface area contributed by atoms with Crippen LogP contribution in [0, 0.1) is 0 Å². The van der Waals surface area contributed by atoms with E-state index < -0.39 is 10.0 Å². The Bertz CT molecular complexity index is 603. The van der Waals surface area contributed by atoms with Crippen LogP contribution in [-0.2, 0) is 14.8 Å². The molecule has 19 heavy (non-hydrogen) atoms. The highest BCUT2D eigenvalue weighted by molar-refractivity contribution is 9.10. The number of hydrogen-bond donors (Lipinski definition) is 2. The van der Waals surface area contributed by atoms with Crippen molar-refractivity contribution < 1.29 is 13.2 Å². The summed E-state index contributed by atoms with van der Waals surface area (Å²) in [4.78, 5) is 11.5. The first-order chi connectivity index (χ1) is 8.91. The van der Waals surface area contributed by atoms with Crippen molar-refractivity contribution in [3.63, 3.8) is 0 Å². The second kappa shape index (κ2) is 5.48. The number of nitrogen functional groups attached to an aromatic ring is 1. The van der Waals surface area contributed by atoms with Gasteiger partial charge in [-0.3, -0.25) is 4.79 Å². The number of anilines is 1. The molecule has 1 heterocycles. The van der Waals surface area contributed by atoms with Gasteiger partial charge in [0.05, 0.1) is 12.2 Å². The van der Waals surface area contributed by atoms with Crippen LogP contribution in [0.3, 0.4) is 0 Å². The lowest BCUT2D eigenvalue weighted by Gasteiger charge is -2.19. The Hall–Kier alpha value is -1.12. The highest BCUT2D eigenvalue weighted by atomic mass is 79.9. The largest absolute Gasteiger partial charge is 0.398 e. The smallest absolute Gasteiger partial charge is 0.245 e. The van der Waals surface area contributed by atoms with Crippen molar-refractivity contribution in [1.29, 1.82) is 0 Å². The summed E-state index contributed by atoms with van der Waals surface area (Å²) in [6.45, 7) is 0.611. The summed E-state index contributed by atoms with van der Waals surface area (Å²) in [5.41, 5.74) is 5.90. The van der Waals surface area contributed by atoms with E-state index >= 15 is 0 Å². The number of carbonyl (C=O) groups excluding carboxylic acids is 1. The van der Waals surface area contributed by atoms with E-state index in [1.807, 2.05) is 0 Å². The fourth-order valence-corrected chi connectivity index (χ4v) is 3.94. The Morgan fingerprint density at radius 1 is 1.37 bits per heavy atom. The minimum atomic E-state index is -3.75. The van der Waals surface area contributed by atoms with Gasteiger partial charge in [0.2, 0.25) is 15.9 Å². The van der Waals surface area contributed by atoms with Gasteiger partial charge in [0.15, 0.2) is 0 Å². The monoisotopic (exact) mass is 347 g/mol. The zero-order valence-electron chi connectivity index (χ0n) is 10.1. The van der Waals surface area contributed by atoms with Gasteiger partial charge in [-0.05, 0) is 24.6 Å². The molecule has 1 saturated heterocycles. The quantitative estimate of drug-likeness (QED) is 0.763. The van der Waals surface area contributed by atoms with Gasteiger partial charge in [-0.1, -0.05) is 15.9 Å². The van der Waals surface area contributed by atoms with E-state index in [0.717, 1.165) is 4.31 Å². The molecule has 1 aromatic carbocycles. The molecular formula is C11H14BrN3O3S. The molecule has 8 heteroatoms. The van der Waals surface area contributed by atoms with Crippen molar-refractivity contribution in [2.24, 2.45) is 0 Å². The van der Waals surface area contributed by atoms with E-state index in [4.69, 9.17) is 5.73 Å². The number of carbonyl (C=O) groups is 1. The first-order valence-corrected chi connectivity index (χ1v) is 7.96. The van der Waals surface area contributed by atoms with Crippen LogP contribution in [0.2, 0.25) is 0 Å². The predicted molar refractivity (Wildman–Crippen MR) is 74.9 cm³/mol. The number of nitrogens with two attached hydrogens (primary N) is 1. The second-order valence-electron chi connectivity index (χ2n) is 4.22. The highest BCUT2D eigenvalue weighted by Crippen LogP contribution is 2.26. The molecule has 0 radical (unpaired) electrons. The number of sulfonamides is 1. The average Bonchev–Trinajstić information content (AvgIpc) is 2.57. The molecule has 0 atom stereocenters. The summed E-state index contributed by atoms with van der Waals surface area (Å²) in [5.74, 6) is -0.297. The van der Waals surface area contributed by atoms with E-state index in [-0.39, 0.29) is 23.0 Å². The molecule has 1 aromatic rings. The Labute approximate surface area is 120 Å². The maximum atomic E-state index is 12.5. The van der Waals surface area contributed by atoms with Crippen molar-refractivity contribution >= 4 is 37.5 Å². The standard InChI is InChI=1S/C11H14BrN3O3S/c12-8-2-3-9(13)10(6-8)19(17,18)15-5-1-4-14-11(16)7-15/h2-3,6H,1,4-5,7,13H2,(H,14,16). The number of rotatable bonds is 2. The molecule has 6 nitrogen and oxygen atoms in total. The summed E-state index contributed by atoms with van der Waals surface area (Å²) in [7, 11) is -3.75. The summed E-state index contributed by atoms with van der Waals surface area (Å²) < 4.78 is 26.8. The van der Waals surface area contributed by atoms with Gasteiger partial charge < -0.3 is 11.1 Å². The molecule has 0 aromatic heterocycles. The van der Waals surface area contributed by atoms with E-state index in [0.29, 0.717) is 24.0 Å². The molecule has 0 spiro atoms. The normalized spacial score (nSPS) is 17.8. The van der Waals surface area contributed by atoms with Crippen LogP contribution < -0.4 is 11.1 Å². The van der Waals surface area contributed by atoms with Gasteiger partial charge in [-0.15, -0.1) is 0 Å². The van der Waals surface area contributed by atoms with E-state index in [9.17, 15) is 13.2 Å². The summed E-state index contributed by atoms with van der Waals surface area (Å²) in [6.07, 6.45) is 0.582. The summed E-state index contributed by atoms with van der Waals surface area (Å²) in [6, 6.07) is 4.64. The zero-order valence-corrected chi connectivity index (χ0v) is 12.5. The number of nitrogens with one attached hydrogen (secondary N) is 1. The molecule has 1 amide bonds. The van der Waals surface area contributed by atoms with Gasteiger partial charge in [0.25, 0.3) is 0 Å². The van der Waals surface area contributed by atoms with Crippen LogP contribution in [0.15, 0.2) is 27.6 Å². The zero-order chi connectivity index (χ0) is 14.0. The average molecular weight is 348 g/mol. The van der Waals surface area contributed by atoms with E-state index in [1.54, 1.807) is 6.07 Å². The Morgan fingerprint density at radius 3 is 2.84 bits per heavy atom. The van der Waals surface area contributed by atoms with Crippen LogP contribution in [0.5, 0.6) is 0 Å². The first kappa shape index (κ1) is 14.3. The molecular weight excluding hydrogens is 334 g/mol. The summed E-state index contributed by atoms with van der Waals surface area (Å²) >= 11 is 3.22. The van der Waals surface area contributed by atoms with Crippen LogP contribution in [0.4, 0.5) is 5.69 Å². The van der Waals surface area contributed by atoms with E-state index in [1.165, 1.54) is 12.1 Å². The fourth-order valence-electron chi connectivity index (χ4n) is 1.85. The third-order valence-corrected chi connectivity index (χ3v) is 5.21. The molecule has 104 valence electrons. The second-order valence-corrected chi connectivity index (χ2v) is 7.05. The van der Waals surface area contributed by atoms with Crippen LogP contribution in [-0.4, -0.2) is 38.3 Å². The maximum Gasteiger partial charge on any atom is 0.245 e. The van der Waals surface area contributed by atoms with Crippen LogP contribution in [0.25, 0.3) is 0 Å². The molecule has 2 rings (SSSR count). The van der Waals surface area contributed by atoms with Crippen LogP contribution in [0.1, 0.15) is 6.42 Å². The SMILES string of the molecule is Nc1ccc(Br)cc1S(=O)(=O)N1CCCNC(=O)C1. The molecule has 1 aliphatic heterocycles. The Balaban J connectivity index is 2.40. The molecule has 0 bridgehead atoms. The predicted octanol–water partition coefficient (Wildman–Crippen LogP) is 0.542. The Kier molecular flexibility index (Phi) is 4.12. The lowest BCUT2D eigenvalue weighted by molar-refractivity contribution is -0.120.